The van der Waals surface area contributed by atoms with Crippen molar-refractivity contribution >= 4 is 6.03 Å². The van der Waals surface area contributed by atoms with Gasteiger partial charge in [-0.25, -0.2) is 4.79 Å². The number of carbonyl (C=O) groups is 1. The summed E-state index contributed by atoms with van der Waals surface area (Å²) in [5, 5.41) is 39.7. The maximum Gasteiger partial charge on any atom is 0.321 e. The fourth-order valence-corrected chi connectivity index (χ4v) is 2.04. The number of carbonyl (C=O) groups excluding carboxylic acids is 1. The highest BCUT2D eigenvalue weighted by Crippen LogP contribution is 2.25. The summed E-state index contributed by atoms with van der Waals surface area (Å²) in [6.45, 7) is -0.230. The number of urea groups is 1. The second-order valence-corrected chi connectivity index (χ2v) is 4.18. The minimum absolute atomic E-state index is 0.208. The van der Waals surface area contributed by atoms with Crippen molar-refractivity contribution in [1.82, 2.24) is 10.2 Å². The number of nitrogens with one attached hydrogen (secondary N) is 1. The average Bonchev–Trinajstić information content (AvgIpc) is 2.57. The molecule has 2 aliphatic heterocycles. The molecule has 8 nitrogen and oxygen atoms in total. The SMILES string of the molecule is O=C1N[C@@H](O)CCN1[C@@H]1O[C@@H](CO)[C@@H](O)[C@H]1O. The van der Waals surface area contributed by atoms with E-state index in [1.807, 2.05) is 0 Å². The summed E-state index contributed by atoms with van der Waals surface area (Å²) < 4.78 is 5.21. The molecule has 98 valence electrons. The van der Waals surface area contributed by atoms with Gasteiger partial charge in [0.15, 0.2) is 6.23 Å². The highest BCUT2D eigenvalue weighted by molar-refractivity contribution is 5.75. The largest absolute Gasteiger partial charge is 0.394 e. The van der Waals surface area contributed by atoms with Crippen molar-refractivity contribution in [2.75, 3.05) is 13.2 Å². The number of aliphatic hydroxyl groups excluding tert-OH is 4. The monoisotopic (exact) mass is 248 g/mol. The molecule has 5 atom stereocenters. The number of nitrogens with zero attached hydrogens (tertiary/aromatic N) is 1. The van der Waals surface area contributed by atoms with Crippen LogP contribution in [0.3, 0.4) is 0 Å². The van der Waals surface area contributed by atoms with Crippen molar-refractivity contribution in [1.29, 1.82) is 0 Å². The molecule has 2 amide bonds. The van der Waals surface area contributed by atoms with Crippen molar-refractivity contribution in [3.8, 4) is 0 Å². The van der Waals surface area contributed by atoms with Gasteiger partial charge in [-0.05, 0) is 0 Å². The smallest absolute Gasteiger partial charge is 0.321 e. The third-order valence-corrected chi connectivity index (χ3v) is 3.02. The third-order valence-electron chi connectivity index (χ3n) is 3.02. The van der Waals surface area contributed by atoms with Crippen molar-refractivity contribution < 1.29 is 30.0 Å². The second kappa shape index (κ2) is 4.75. The minimum Gasteiger partial charge on any atom is -0.394 e. The zero-order chi connectivity index (χ0) is 12.6. The van der Waals surface area contributed by atoms with Crippen LogP contribution in [-0.2, 0) is 4.74 Å². The average molecular weight is 248 g/mol. The number of rotatable bonds is 2. The summed E-state index contributed by atoms with van der Waals surface area (Å²) in [5.41, 5.74) is 0. The summed E-state index contributed by atoms with van der Waals surface area (Å²) in [7, 11) is 0. The van der Waals surface area contributed by atoms with E-state index >= 15 is 0 Å². The van der Waals surface area contributed by atoms with E-state index in [0.29, 0.717) is 6.42 Å². The number of hydrogen-bond acceptors (Lipinski definition) is 6. The molecular formula is C9H16N2O6. The standard InChI is InChI=1S/C9H16N2O6/c12-3-4-6(14)7(15)8(17-4)11-2-1-5(13)10-9(11)16/h4-8,12-15H,1-3H2,(H,10,16)/t4-,5-,6+,7+,8+/m0/s1. The van der Waals surface area contributed by atoms with Crippen molar-refractivity contribution in [3.05, 3.63) is 0 Å². The Labute approximate surface area is 97.4 Å². The molecule has 0 aromatic heterocycles. The molecule has 0 bridgehead atoms. The Morgan fingerprint density at radius 3 is 2.59 bits per heavy atom. The van der Waals surface area contributed by atoms with E-state index in [0.717, 1.165) is 0 Å². The van der Waals surface area contributed by atoms with Crippen molar-refractivity contribution in [2.24, 2.45) is 0 Å². The second-order valence-electron chi connectivity index (χ2n) is 4.18. The number of amides is 2. The topological polar surface area (TPSA) is 122 Å². The Morgan fingerprint density at radius 2 is 2.06 bits per heavy atom. The van der Waals surface area contributed by atoms with Crippen LogP contribution in [0.15, 0.2) is 0 Å². The molecule has 17 heavy (non-hydrogen) atoms. The van der Waals surface area contributed by atoms with E-state index in [2.05, 4.69) is 5.32 Å². The first-order chi connectivity index (χ1) is 8.04. The van der Waals surface area contributed by atoms with E-state index in [4.69, 9.17) is 9.84 Å². The van der Waals surface area contributed by atoms with Crippen LogP contribution in [0, 0.1) is 0 Å². The van der Waals surface area contributed by atoms with Crippen LogP contribution < -0.4 is 5.32 Å². The number of hydrogen-bond donors (Lipinski definition) is 5. The van der Waals surface area contributed by atoms with Crippen LogP contribution in [0.5, 0.6) is 0 Å². The summed E-state index contributed by atoms with van der Waals surface area (Å²) in [6, 6.07) is -0.571. The van der Waals surface area contributed by atoms with Gasteiger partial charge in [-0.2, -0.15) is 0 Å². The lowest BCUT2D eigenvalue weighted by molar-refractivity contribution is -0.0893. The molecule has 2 rings (SSSR count). The Morgan fingerprint density at radius 1 is 1.35 bits per heavy atom. The summed E-state index contributed by atoms with van der Waals surface area (Å²) in [4.78, 5) is 12.7. The zero-order valence-corrected chi connectivity index (χ0v) is 9.06. The van der Waals surface area contributed by atoms with Gasteiger partial charge in [0.1, 0.15) is 24.5 Å². The van der Waals surface area contributed by atoms with Crippen molar-refractivity contribution in [2.45, 2.75) is 37.2 Å². The molecular weight excluding hydrogens is 232 g/mol. The molecule has 5 N–H and O–H groups in total. The Hall–Kier alpha value is -0.930. The predicted octanol–water partition coefficient (Wildman–Crippen LogP) is -2.84. The third kappa shape index (κ3) is 2.22. The Bertz CT molecular complexity index is 301. The maximum atomic E-state index is 11.6. The molecule has 0 unspecified atom stereocenters. The van der Waals surface area contributed by atoms with E-state index < -0.39 is 43.4 Å². The van der Waals surface area contributed by atoms with Crippen LogP contribution in [-0.4, -0.2) is 75.3 Å². The summed E-state index contributed by atoms with van der Waals surface area (Å²) in [5.74, 6) is 0. The van der Waals surface area contributed by atoms with Crippen LogP contribution in [0.1, 0.15) is 6.42 Å². The molecule has 0 radical (unpaired) electrons. The molecule has 0 aliphatic carbocycles. The van der Waals surface area contributed by atoms with E-state index in [-0.39, 0.29) is 6.54 Å². The van der Waals surface area contributed by atoms with Crippen molar-refractivity contribution in [3.63, 3.8) is 0 Å². The molecule has 8 heteroatoms. The fourth-order valence-electron chi connectivity index (χ4n) is 2.04. The van der Waals surface area contributed by atoms with Gasteiger partial charge in [0.25, 0.3) is 0 Å². The quantitative estimate of drug-likeness (QED) is 0.359. The van der Waals surface area contributed by atoms with E-state index in [1.165, 1.54) is 4.90 Å². The first-order valence-corrected chi connectivity index (χ1v) is 5.42. The Balaban J connectivity index is 2.05. The fraction of sp³-hybridized carbons (Fsp3) is 0.889. The zero-order valence-electron chi connectivity index (χ0n) is 9.06. The molecule has 2 fully saturated rings. The first kappa shape index (κ1) is 12.5. The predicted molar refractivity (Wildman–Crippen MR) is 53.6 cm³/mol. The molecule has 0 aromatic carbocycles. The number of aliphatic hydroxyl groups is 4. The van der Waals surface area contributed by atoms with Gasteiger partial charge in [0, 0.05) is 13.0 Å². The van der Waals surface area contributed by atoms with Gasteiger partial charge in [0.05, 0.1) is 6.61 Å². The molecule has 0 aromatic rings. The molecule has 0 spiro atoms. The highest BCUT2D eigenvalue weighted by Gasteiger charge is 2.47. The summed E-state index contributed by atoms with van der Waals surface area (Å²) >= 11 is 0. The van der Waals surface area contributed by atoms with Crippen LogP contribution in [0.2, 0.25) is 0 Å². The highest BCUT2D eigenvalue weighted by atomic mass is 16.6. The van der Waals surface area contributed by atoms with E-state index in [9.17, 15) is 20.1 Å². The van der Waals surface area contributed by atoms with E-state index in [1.54, 1.807) is 0 Å². The molecule has 2 saturated heterocycles. The van der Waals surface area contributed by atoms with Crippen LogP contribution in [0.4, 0.5) is 4.79 Å². The van der Waals surface area contributed by atoms with Gasteiger partial charge < -0.3 is 30.5 Å². The van der Waals surface area contributed by atoms with Crippen LogP contribution >= 0.6 is 0 Å². The van der Waals surface area contributed by atoms with Crippen LogP contribution in [0.25, 0.3) is 0 Å². The first-order valence-electron chi connectivity index (χ1n) is 5.42. The normalized spacial score (nSPS) is 42.7. The lowest BCUT2D eigenvalue weighted by Gasteiger charge is -2.35. The molecule has 2 aliphatic rings. The lowest BCUT2D eigenvalue weighted by atomic mass is 10.1. The minimum atomic E-state index is -1.27. The Kier molecular flexibility index (Phi) is 3.50. The van der Waals surface area contributed by atoms with Gasteiger partial charge in [-0.3, -0.25) is 4.90 Å². The summed E-state index contributed by atoms with van der Waals surface area (Å²) in [6.07, 6.45) is -5.02. The molecule has 2 heterocycles. The number of ether oxygens (including phenoxy) is 1. The lowest BCUT2D eigenvalue weighted by Crippen LogP contribution is -2.57. The van der Waals surface area contributed by atoms with Gasteiger partial charge in [-0.15, -0.1) is 0 Å². The van der Waals surface area contributed by atoms with Gasteiger partial charge >= 0.3 is 6.03 Å². The molecule has 0 saturated carbocycles. The maximum absolute atomic E-state index is 11.6. The van der Waals surface area contributed by atoms with Gasteiger partial charge in [-0.1, -0.05) is 0 Å². The van der Waals surface area contributed by atoms with Gasteiger partial charge in [0.2, 0.25) is 0 Å².